The van der Waals surface area contributed by atoms with Crippen molar-refractivity contribution in [1.82, 2.24) is 4.90 Å². The Labute approximate surface area is 132 Å². The molecule has 0 N–H and O–H groups in total. The lowest BCUT2D eigenvalue weighted by molar-refractivity contribution is -0.111. The average Bonchev–Trinajstić information content (AvgIpc) is 2.53. The van der Waals surface area contributed by atoms with Gasteiger partial charge in [-0.1, -0.05) is 25.3 Å². The van der Waals surface area contributed by atoms with Crippen LogP contribution in [-0.2, 0) is 9.59 Å². The van der Waals surface area contributed by atoms with Crippen LogP contribution in [0.3, 0.4) is 0 Å². The molecule has 0 aromatic heterocycles. The third-order valence-corrected chi connectivity index (χ3v) is 3.74. The highest BCUT2D eigenvalue weighted by molar-refractivity contribution is 5.76. The number of anilines is 1. The van der Waals surface area contributed by atoms with Crippen molar-refractivity contribution in [2.24, 2.45) is 0 Å². The first-order chi connectivity index (χ1) is 10.5. The highest BCUT2D eigenvalue weighted by Gasteiger charge is 2.17. The maximum atomic E-state index is 11.3. The van der Waals surface area contributed by atoms with Gasteiger partial charge in [-0.3, -0.25) is 0 Å². The van der Waals surface area contributed by atoms with Crippen LogP contribution in [0.1, 0.15) is 24.0 Å². The number of carbonyl (C=O) groups is 2. The fourth-order valence-electron chi connectivity index (χ4n) is 2.24. The minimum absolute atomic E-state index is 0.356. The Bertz CT molecular complexity index is 564. The number of benzene rings is 1. The van der Waals surface area contributed by atoms with Gasteiger partial charge in [-0.2, -0.15) is 0 Å². The quantitative estimate of drug-likeness (QED) is 0.658. The van der Waals surface area contributed by atoms with Gasteiger partial charge >= 0.3 is 0 Å². The Balaban J connectivity index is 3.07. The fraction of sp³-hybridized carbons (Fsp3) is 0.333. The zero-order chi connectivity index (χ0) is 16.7. The van der Waals surface area contributed by atoms with Crippen molar-refractivity contribution < 1.29 is 9.59 Å². The molecule has 0 heterocycles. The molecule has 1 atom stereocenters. The van der Waals surface area contributed by atoms with Crippen molar-refractivity contribution in [3.05, 3.63) is 42.5 Å². The maximum absolute atomic E-state index is 11.3. The Morgan fingerprint density at radius 2 is 1.95 bits per heavy atom. The van der Waals surface area contributed by atoms with Gasteiger partial charge in [-0.25, -0.2) is 0 Å². The zero-order valence-electron chi connectivity index (χ0n) is 13.6. The number of carbonyl (C=O) groups excluding carboxylic acids is 2. The summed E-state index contributed by atoms with van der Waals surface area (Å²) >= 11 is 0. The van der Waals surface area contributed by atoms with E-state index in [1.54, 1.807) is 6.08 Å². The summed E-state index contributed by atoms with van der Waals surface area (Å²) in [6.45, 7) is 7.96. The molecule has 0 fully saturated rings. The molecule has 0 radical (unpaired) electrons. The Hall–Kier alpha value is -2.36. The second-order valence-electron chi connectivity index (χ2n) is 5.38. The molecule has 0 bridgehead atoms. The Morgan fingerprint density at radius 3 is 2.45 bits per heavy atom. The smallest absolute Gasteiger partial charge is 0.142 e. The maximum Gasteiger partial charge on any atom is 0.142 e. The molecule has 0 saturated heterocycles. The van der Waals surface area contributed by atoms with Gasteiger partial charge in [0.25, 0.3) is 0 Å². The summed E-state index contributed by atoms with van der Waals surface area (Å²) in [6, 6.07) is 5.65. The second kappa shape index (κ2) is 8.17. The number of hydrogen-bond donors (Lipinski definition) is 0. The van der Waals surface area contributed by atoms with Crippen LogP contribution in [-0.4, -0.2) is 44.7 Å². The molecule has 1 rings (SSSR count). The molecule has 0 amide bonds. The van der Waals surface area contributed by atoms with Crippen molar-refractivity contribution in [2.45, 2.75) is 18.9 Å². The summed E-state index contributed by atoms with van der Waals surface area (Å²) in [5.74, 6) is 0. The van der Waals surface area contributed by atoms with Gasteiger partial charge in [0.1, 0.15) is 12.6 Å². The van der Waals surface area contributed by atoms with Gasteiger partial charge in [0.15, 0.2) is 0 Å². The standard InChI is InChI=1S/C18H24N2O2/c1-6-15-12-16(19(3)4)9-10-18(15)14(2)20(5)17(13-22)8-7-11-21/h6,9-13,17H,1-2,7-8H2,3-5H3. The third kappa shape index (κ3) is 4.07. The molecule has 1 unspecified atom stereocenters. The van der Waals surface area contributed by atoms with Crippen LogP contribution in [0.2, 0.25) is 0 Å². The predicted octanol–water partition coefficient (Wildman–Crippen LogP) is 2.84. The van der Waals surface area contributed by atoms with Gasteiger partial charge in [0.2, 0.25) is 0 Å². The molecule has 4 heteroatoms. The third-order valence-electron chi connectivity index (χ3n) is 3.74. The van der Waals surface area contributed by atoms with E-state index in [9.17, 15) is 9.59 Å². The van der Waals surface area contributed by atoms with Gasteiger partial charge < -0.3 is 19.4 Å². The van der Waals surface area contributed by atoms with E-state index in [1.165, 1.54) is 0 Å². The van der Waals surface area contributed by atoms with Crippen LogP contribution in [0.4, 0.5) is 5.69 Å². The van der Waals surface area contributed by atoms with Crippen molar-refractivity contribution in [2.75, 3.05) is 26.0 Å². The fourth-order valence-corrected chi connectivity index (χ4v) is 2.24. The van der Waals surface area contributed by atoms with E-state index in [4.69, 9.17) is 0 Å². The molecular formula is C18H24N2O2. The van der Waals surface area contributed by atoms with Gasteiger partial charge in [0.05, 0.1) is 6.04 Å². The van der Waals surface area contributed by atoms with Gasteiger partial charge in [0, 0.05) is 44.5 Å². The summed E-state index contributed by atoms with van der Waals surface area (Å²) in [7, 11) is 5.77. The lowest BCUT2D eigenvalue weighted by Crippen LogP contribution is -2.31. The highest BCUT2D eigenvalue weighted by Crippen LogP contribution is 2.27. The molecule has 0 aliphatic heterocycles. The van der Waals surface area contributed by atoms with Crippen molar-refractivity contribution in [3.63, 3.8) is 0 Å². The molecule has 4 nitrogen and oxygen atoms in total. The number of aldehydes is 2. The van der Waals surface area contributed by atoms with E-state index < -0.39 is 0 Å². The first-order valence-electron chi connectivity index (χ1n) is 7.21. The van der Waals surface area contributed by atoms with Crippen LogP contribution in [0.5, 0.6) is 0 Å². The predicted molar refractivity (Wildman–Crippen MR) is 92.8 cm³/mol. The summed E-state index contributed by atoms with van der Waals surface area (Å²) in [4.78, 5) is 25.6. The van der Waals surface area contributed by atoms with Gasteiger partial charge in [-0.05, 0) is 24.1 Å². The first-order valence-corrected chi connectivity index (χ1v) is 7.21. The first kappa shape index (κ1) is 17.7. The zero-order valence-corrected chi connectivity index (χ0v) is 13.6. The van der Waals surface area contributed by atoms with E-state index >= 15 is 0 Å². The SMILES string of the molecule is C=Cc1cc(N(C)C)ccc1C(=C)N(C)C(C=O)CCC=O. The van der Waals surface area contributed by atoms with Crippen LogP contribution in [0.15, 0.2) is 31.4 Å². The molecular weight excluding hydrogens is 276 g/mol. The Morgan fingerprint density at radius 1 is 1.27 bits per heavy atom. The molecule has 0 aliphatic rings. The molecule has 1 aromatic rings. The largest absolute Gasteiger partial charge is 0.378 e. The van der Waals surface area contributed by atoms with E-state index in [0.29, 0.717) is 12.8 Å². The summed E-state index contributed by atoms with van der Waals surface area (Å²) < 4.78 is 0. The van der Waals surface area contributed by atoms with Crippen LogP contribution in [0, 0.1) is 0 Å². The minimum atomic E-state index is -0.358. The molecule has 1 aromatic carbocycles. The van der Waals surface area contributed by atoms with Crippen molar-refractivity contribution in [3.8, 4) is 0 Å². The lowest BCUT2D eigenvalue weighted by Gasteiger charge is -2.28. The van der Waals surface area contributed by atoms with Crippen molar-refractivity contribution in [1.29, 1.82) is 0 Å². The highest BCUT2D eigenvalue weighted by atomic mass is 16.1. The van der Waals surface area contributed by atoms with Gasteiger partial charge in [-0.15, -0.1) is 0 Å². The monoisotopic (exact) mass is 300 g/mol. The molecule has 118 valence electrons. The molecule has 0 saturated carbocycles. The molecule has 0 aliphatic carbocycles. The van der Waals surface area contributed by atoms with E-state index in [2.05, 4.69) is 13.2 Å². The number of hydrogen-bond acceptors (Lipinski definition) is 4. The van der Waals surface area contributed by atoms with E-state index in [1.807, 2.05) is 49.1 Å². The summed E-state index contributed by atoms with van der Waals surface area (Å²) in [5.41, 5.74) is 3.70. The van der Waals surface area contributed by atoms with Crippen LogP contribution in [0.25, 0.3) is 11.8 Å². The van der Waals surface area contributed by atoms with Crippen molar-refractivity contribution >= 4 is 30.0 Å². The topological polar surface area (TPSA) is 40.6 Å². The average molecular weight is 300 g/mol. The number of likely N-dealkylation sites (N-methyl/N-ethyl adjacent to an activating group) is 1. The normalized spacial score (nSPS) is 11.4. The minimum Gasteiger partial charge on any atom is -0.378 e. The number of rotatable bonds is 9. The second-order valence-corrected chi connectivity index (χ2v) is 5.38. The number of nitrogens with zero attached hydrogens (tertiary/aromatic N) is 2. The molecule has 0 spiro atoms. The summed E-state index contributed by atoms with van der Waals surface area (Å²) in [5, 5.41) is 0. The van der Waals surface area contributed by atoms with Crippen LogP contribution < -0.4 is 4.90 Å². The summed E-state index contributed by atoms with van der Waals surface area (Å²) in [6.07, 6.45) is 4.31. The molecule has 22 heavy (non-hydrogen) atoms. The lowest BCUT2D eigenvalue weighted by atomic mass is 10.0. The Kier molecular flexibility index (Phi) is 6.57. The van der Waals surface area contributed by atoms with E-state index in [0.717, 1.165) is 35.1 Å². The van der Waals surface area contributed by atoms with E-state index in [-0.39, 0.29) is 6.04 Å². The van der Waals surface area contributed by atoms with Crippen LogP contribution >= 0.6 is 0 Å².